The van der Waals surface area contributed by atoms with E-state index in [1.165, 1.54) is 77.5 Å². The van der Waals surface area contributed by atoms with E-state index in [1.54, 1.807) is 0 Å². The standard InChI is InChI=1S/C56H41N/c1-55(2)52-35-40(38-17-6-3-7-18-38)29-32-47(52)48-33-30-44(37-53(48)55)57(54-28-16-20-39-19-12-13-25-45(39)54)43-31-34-51-49(36-43)46-26-14-15-27-50(46)56(51,41-21-8-4-9-22-41)42-23-10-5-11-24-42/h3-37H,1-2H3. The SMILES string of the molecule is CC1(C)c2cc(-c3ccccc3)ccc2-c2ccc(N(c3ccc4c(c3)-c3ccccc3C4(c3ccccc3)c3ccccc3)c3cccc4ccccc34)cc21. The molecule has 0 bridgehead atoms. The molecule has 0 saturated heterocycles. The Morgan fingerprint density at radius 2 is 0.895 bits per heavy atom. The smallest absolute Gasteiger partial charge is 0.0713 e. The second kappa shape index (κ2) is 12.8. The number of nitrogens with zero attached hydrogens (tertiary/aromatic N) is 1. The first kappa shape index (κ1) is 33.4. The number of rotatable bonds is 6. The maximum atomic E-state index is 2.49. The Hall–Kier alpha value is -6.96. The molecule has 0 N–H and O–H groups in total. The number of hydrogen-bond acceptors (Lipinski definition) is 1. The van der Waals surface area contributed by atoms with E-state index in [-0.39, 0.29) is 5.41 Å². The molecule has 1 nitrogen and oxygen atoms in total. The quantitative estimate of drug-likeness (QED) is 0.165. The van der Waals surface area contributed by atoms with E-state index in [1.807, 2.05) is 0 Å². The fourth-order valence-corrected chi connectivity index (χ4v) is 10.1. The van der Waals surface area contributed by atoms with Crippen LogP contribution in [0, 0.1) is 0 Å². The third-order valence-corrected chi connectivity index (χ3v) is 12.7. The first-order chi connectivity index (χ1) is 28.0. The fourth-order valence-electron chi connectivity index (χ4n) is 10.1. The molecule has 270 valence electrons. The van der Waals surface area contributed by atoms with Gasteiger partial charge in [-0.25, -0.2) is 0 Å². The van der Waals surface area contributed by atoms with Crippen LogP contribution in [0.5, 0.6) is 0 Å². The van der Waals surface area contributed by atoms with Crippen LogP contribution in [0.4, 0.5) is 17.1 Å². The van der Waals surface area contributed by atoms with Gasteiger partial charge in [-0.1, -0.05) is 190 Å². The molecule has 0 amide bonds. The first-order valence-corrected chi connectivity index (χ1v) is 20.0. The van der Waals surface area contributed by atoms with Crippen molar-refractivity contribution < 1.29 is 0 Å². The van der Waals surface area contributed by atoms with E-state index in [0.29, 0.717) is 0 Å². The highest BCUT2D eigenvalue weighted by Crippen LogP contribution is 2.58. The minimum absolute atomic E-state index is 0.183. The Morgan fingerprint density at radius 3 is 1.65 bits per heavy atom. The molecule has 1 heteroatoms. The lowest BCUT2D eigenvalue weighted by molar-refractivity contribution is 0.660. The minimum Gasteiger partial charge on any atom is -0.310 e. The lowest BCUT2D eigenvalue weighted by Crippen LogP contribution is -2.28. The molecule has 0 aromatic heterocycles. The predicted octanol–water partition coefficient (Wildman–Crippen LogP) is 14.6. The Balaban J connectivity index is 1.13. The van der Waals surface area contributed by atoms with Gasteiger partial charge < -0.3 is 4.90 Å². The highest BCUT2D eigenvalue weighted by Gasteiger charge is 2.46. The lowest BCUT2D eigenvalue weighted by atomic mass is 9.68. The van der Waals surface area contributed by atoms with E-state index >= 15 is 0 Å². The molecule has 0 fully saturated rings. The highest BCUT2D eigenvalue weighted by atomic mass is 15.1. The van der Waals surface area contributed by atoms with Crippen LogP contribution in [0.2, 0.25) is 0 Å². The van der Waals surface area contributed by atoms with E-state index in [4.69, 9.17) is 0 Å². The molecule has 2 aliphatic rings. The molecule has 0 aliphatic heterocycles. The molecule has 0 spiro atoms. The molecule has 9 aromatic carbocycles. The monoisotopic (exact) mass is 727 g/mol. The maximum Gasteiger partial charge on any atom is 0.0713 e. The topological polar surface area (TPSA) is 3.24 Å². The summed E-state index contributed by atoms with van der Waals surface area (Å²) in [6.45, 7) is 4.77. The van der Waals surface area contributed by atoms with Gasteiger partial charge in [-0.2, -0.15) is 0 Å². The molecule has 0 unspecified atom stereocenters. The van der Waals surface area contributed by atoms with Crippen molar-refractivity contribution in [3.8, 4) is 33.4 Å². The third kappa shape index (κ3) is 4.95. The van der Waals surface area contributed by atoms with Gasteiger partial charge >= 0.3 is 0 Å². The molecule has 11 rings (SSSR count). The van der Waals surface area contributed by atoms with E-state index in [2.05, 4.69) is 231 Å². The summed E-state index contributed by atoms with van der Waals surface area (Å²) in [6.07, 6.45) is 0. The van der Waals surface area contributed by atoms with Gasteiger partial charge in [0.15, 0.2) is 0 Å². The highest BCUT2D eigenvalue weighted by molar-refractivity contribution is 6.00. The Morgan fingerprint density at radius 1 is 0.351 bits per heavy atom. The van der Waals surface area contributed by atoms with Gasteiger partial charge in [-0.05, 0) is 109 Å². The molecule has 9 aromatic rings. The third-order valence-electron chi connectivity index (χ3n) is 12.7. The molecular weight excluding hydrogens is 687 g/mol. The second-order valence-corrected chi connectivity index (χ2v) is 16.1. The molecule has 0 atom stereocenters. The molecule has 0 heterocycles. The summed E-state index contributed by atoms with van der Waals surface area (Å²) in [7, 11) is 0. The Bertz CT molecular complexity index is 2930. The summed E-state index contributed by atoms with van der Waals surface area (Å²) in [5.41, 5.74) is 18.4. The van der Waals surface area contributed by atoms with Crippen LogP contribution in [0.15, 0.2) is 212 Å². The van der Waals surface area contributed by atoms with Gasteiger partial charge in [-0.15, -0.1) is 0 Å². The number of hydrogen-bond donors (Lipinski definition) is 0. The molecule has 0 radical (unpaired) electrons. The maximum absolute atomic E-state index is 2.49. The van der Waals surface area contributed by atoms with Crippen molar-refractivity contribution >= 4 is 27.8 Å². The van der Waals surface area contributed by atoms with E-state index < -0.39 is 5.41 Å². The van der Waals surface area contributed by atoms with Gasteiger partial charge in [0.1, 0.15) is 0 Å². The van der Waals surface area contributed by atoms with E-state index in [0.717, 1.165) is 17.1 Å². The second-order valence-electron chi connectivity index (χ2n) is 16.1. The van der Waals surface area contributed by atoms with Crippen molar-refractivity contribution in [1.29, 1.82) is 0 Å². The van der Waals surface area contributed by atoms with Crippen molar-refractivity contribution in [1.82, 2.24) is 0 Å². The van der Waals surface area contributed by atoms with Crippen LogP contribution in [0.3, 0.4) is 0 Å². The van der Waals surface area contributed by atoms with Gasteiger partial charge in [0, 0.05) is 22.2 Å². The van der Waals surface area contributed by atoms with Crippen LogP contribution < -0.4 is 4.90 Å². The van der Waals surface area contributed by atoms with Gasteiger partial charge in [0.25, 0.3) is 0 Å². The summed E-state index contributed by atoms with van der Waals surface area (Å²) < 4.78 is 0. The van der Waals surface area contributed by atoms with Crippen molar-refractivity contribution in [2.45, 2.75) is 24.7 Å². The average molecular weight is 728 g/mol. The average Bonchev–Trinajstić information content (AvgIpc) is 3.69. The lowest BCUT2D eigenvalue weighted by Gasteiger charge is -2.34. The number of anilines is 3. The zero-order valence-corrected chi connectivity index (χ0v) is 32.2. The Labute approximate surface area is 335 Å². The number of benzene rings is 9. The van der Waals surface area contributed by atoms with Gasteiger partial charge in [0.05, 0.1) is 11.1 Å². The summed E-state index contributed by atoms with van der Waals surface area (Å²) in [6, 6.07) is 78.7. The largest absolute Gasteiger partial charge is 0.310 e. The van der Waals surface area contributed by atoms with Crippen LogP contribution >= 0.6 is 0 Å². The zero-order chi connectivity index (χ0) is 38.1. The van der Waals surface area contributed by atoms with Crippen LogP contribution in [0.1, 0.15) is 47.2 Å². The first-order valence-electron chi connectivity index (χ1n) is 20.0. The summed E-state index contributed by atoms with van der Waals surface area (Å²) in [5.74, 6) is 0. The summed E-state index contributed by atoms with van der Waals surface area (Å²) in [5, 5.41) is 2.44. The van der Waals surface area contributed by atoms with Crippen LogP contribution in [-0.4, -0.2) is 0 Å². The predicted molar refractivity (Wildman–Crippen MR) is 239 cm³/mol. The normalized spacial score (nSPS) is 14.1. The Kier molecular flexibility index (Phi) is 7.50. The summed E-state index contributed by atoms with van der Waals surface area (Å²) >= 11 is 0. The fraction of sp³-hybridized carbons (Fsp3) is 0.0714. The van der Waals surface area contributed by atoms with Crippen molar-refractivity contribution in [3.05, 3.63) is 246 Å². The molecular formula is C56H41N. The van der Waals surface area contributed by atoms with Gasteiger partial charge in [0.2, 0.25) is 0 Å². The molecule has 0 saturated carbocycles. The van der Waals surface area contributed by atoms with Crippen LogP contribution in [0.25, 0.3) is 44.2 Å². The molecule has 57 heavy (non-hydrogen) atoms. The van der Waals surface area contributed by atoms with Crippen molar-refractivity contribution in [2.75, 3.05) is 4.90 Å². The minimum atomic E-state index is -0.445. The zero-order valence-electron chi connectivity index (χ0n) is 32.2. The summed E-state index contributed by atoms with van der Waals surface area (Å²) in [4.78, 5) is 2.49. The number of fused-ring (bicyclic) bond motifs is 7. The molecule has 2 aliphatic carbocycles. The van der Waals surface area contributed by atoms with E-state index in [9.17, 15) is 0 Å². The van der Waals surface area contributed by atoms with Gasteiger partial charge in [-0.3, -0.25) is 0 Å². The van der Waals surface area contributed by atoms with Crippen molar-refractivity contribution in [3.63, 3.8) is 0 Å². The van der Waals surface area contributed by atoms with Crippen LogP contribution in [-0.2, 0) is 10.8 Å². The van der Waals surface area contributed by atoms with Crippen molar-refractivity contribution in [2.24, 2.45) is 0 Å².